The first kappa shape index (κ1) is 20.3. The van der Waals surface area contributed by atoms with Crippen molar-refractivity contribution in [2.45, 2.75) is 20.6 Å². The number of anilines is 1. The summed E-state index contributed by atoms with van der Waals surface area (Å²) in [6, 6.07) is 6.80. The van der Waals surface area contributed by atoms with E-state index < -0.39 is 40.7 Å². The molecule has 3 rings (SSSR count). The summed E-state index contributed by atoms with van der Waals surface area (Å²) in [7, 11) is 0. The Bertz CT molecular complexity index is 1070. The van der Waals surface area contributed by atoms with E-state index >= 15 is 0 Å². The molecule has 0 atom stereocenters. The number of halogens is 5. The largest absolute Gasteiger partial charge is 0.471 e. The van der Waals surface area contributed by atoms with Crippen LogP contribution in [-0.4, -0.2) is 15.7 Å². The zero-order valence-electron chi connectivity index (χ0n) is 15.2. The molecule has 0 saturated heterocycles. The first-order valence-corrected chi connectivity index (χ1v) is 8.25. The number of benzene rings is 2. The van der Waals surface area contributed by atoms with Gasteiger partial charge in [0.1, 0.15) is 11.4 Å². The lowest BCUT2D eigenvalue weighted by molar-refractivity contribution is 0.101. The van der Waals surface area contributed by atoms with Crippen LogP contribution in [0.3, 0.4) is 0 Å². The fraction of sp³-hybridized carbons (Fsp3) is 0.158. The summed E-state index contributed by atoms with van der Waals surface area (Å²) in [6.45, 7) is 3.67. The molecule has 0 bridgehead atoms. The Balaban J connectivity index is 1.74. The van der Waals surface area contributed by atoms with Gasteiger partial charge in [0.25, 0.3) is 5.91 Å². The molecule has 0 unspecified atom stereocenters. The molecular formula is C19H14F5N3O2. The molecule has 0 radical (unpaired) electrons. The second kappa shape index (κ2) is 7.90. The fourth-order valence-electron chi connectivity index (χ4n) is 2.45. The van der Waals surface area contributed by atoms with Crippen molar-refractivity contribution in [3.63, 3.8) is 0 Å². The van der Waals surface area contributed by atoms with Gasteiger partial charge in [-0.3, -0.25) is 4.79 Å². The zero-order chi connectivity index (χ0) is 21.3. The Labute approximate surface area is 161 Å². The lowest BCUT2D eigenvalue weighted by Crippen LogP contribution is -2.18. The van der Waals surface area contributed by atoms with E-state index in [1.54, 1.807) is 5.32 Å². The van der Waals surface area contributed by atoms with Gasteiger partial charge in [-0.15, -0.1) is 0 Å². The van der Waals surface area contributed by atoms with Crippen molar-refractivity contribution >= 4 is 11.6 Å². The van der Waals surface area contributed by atoms with E-state index in [2.05, 4.69) is 5.10 Å². The van der Waals surface area contributed by atoms with Crippen molar-refractivity contribution < 1.29 is 31.5 Å². The van der Waals surface area contributed by atoms with E-state index in [4.69, 9.17) is 4.74 Å². The van der Waals surface area contributed by atoms with Gasteiger partial charge in [-0.25, -0.2) is 26.6 Å². The maximum atomic E-state index is 13.7. The number of hydrogen-bond acceptors (Lipinski definition) is 3. The number of amides is 1. The summed E-state index contributed by atoms with van der Waals surface area (Å²) in [5.74, 6) is -11.5. The summed E-state index contributed by atoms with van der Waals surface area (Å²) in [5, 5.41) is 5.52. The van der Waals surface area contributed by atoms with Gasteiger partial charge in [0.05, 0.1) is 0 Å². The van der Waals surface area contributed by atoms with Gasteiger partial charge >= 0.3 is 0 Å². The Morgan fingerprint density at radius 2 is 1.62 bits per heavy atom. The van der Waals surface area contributed by atoms with E-state index in [-0.39, 0.29) is 12.4 Å². The highest BCUT2D eigenvalue weighted by Crippen LogP contribution is 2.27. The number of ether oxygens (including phenoxy) is 1. The Kier molecular flexibility index (Phi) is 5.53. The quantitative estimate of drug-likeness (QED) is 0.383. The molecule has 0 spiro atoms. The van der Waals surface area contributed by atoms with Crippen LogP contribution in [0.2, 0.25) is 0 Å². The molecule has 5 nitrogen and oxygen atoms in total. The molecule has 0 fully saturated rings. The zero-order valence-corrected chi connectivity index (χ0v) is 15.2. The molecule has 1 aromatic heterocycles. The van der Waals surface area contributed by atoms with Gasteiger partial charge in [0, 0.05) is 6.20 Å². The molecule has 0 aliphatic carbocycles. The Morgan fingerprint density at radius 1 is 1.00 bits per heavy atom. The van der Waals surface area contributed by atoms with E-state index in [0.29, 0.717) is 5.75 Å². The predicted octanol–water partition coefficient (Wildman–Crippen LogP) is 4.48. The van der Waals surface area contributed by atoms with Gasteiger partial charge in [-0.2, -0.15) is 5.10 Å². The number of carbonyl (C=O) groups is 1. The highest BCUT2D eigenvalue weighted by atomic mass is 19.2. The third-order valence-corrected chi connectivity index (χ3v) is 4.02. The molecule has 0 aliphatic heterocycles. The summed E-state index contributed by atoms with van der Waals surface area (Å²) in [6.07, 6.45) is 1.36. The van der Waals surface area contributed by atoms with Crippen LogP contribution in [0.5, 0.6) is 5.75 Å². The molecular weight excluding hydrogens is 397 g/mol. The lowest BCUT2D eigenvalue weighted by atomic mass is 10.1. The van der Waals surface area contributed by atoms with Gasteiger partial charge in [-0.1, -0.05) is 12.1 Å². The van der Waals surface area contributed by atoms with Crippen molar-refractivity contribution in [2.24, 2.45) is 0 Å². The van der Waals surface area contributed by atoms with Crippen LogP contribution in [-0.2, 0) is 6.73 Å². The maximum absolute atomic E-state index is 13.7. The molecule has 152 valence electrons. The lowest BCUT2D eigenvalue weighted by Gasteiger charge is -2.10. The average molecular weight is 411 g/mol. The Hall–Kier alpha value is -3.43. The van der Waals surface area contributed by atoms with Gasteiger partial charge in [0.15, 0.2) is 35.7 Å². The molecule has 0 aliphatic rings. The number of aromatic nitrogens is 2. The predicted molar refractivity (Wildman–Crippen MR) is 93.0 cm³/mol. The molecule has 0 saturated carbocycles. The summed E-state index contributed by atoms with van der Waals surface area (Å²) >= 11 is 0. The molecule has 10 heteroatoms. The molecule has 2 aromatic carbocycles. The third-order valence-electron chi connectivity index (χ3n) is 4.02. The van der Waals surface area contributed by atoms with Crippen molar-refractivity contribution in [1.29, 1.82) is 0 Å². The van der Waals surface area contributed by atoms with Crippen LogP contribution in [0, 0.1) is 42.9 Å². The number of carbonyl (C=O) groups excluding carboxylic acids is 1. The monoisotopic (exact) mass is 411 g/mol. The minimum Gasteiger partial charge on any atom is -0.471 e. The van der Waals surface area contributed by atoms with Crippen LogP contribution < -0.4 is 10.1 Å². The third kappa shape index (κ3) is 4.05. The highest BCUT2D eigenvalue weighted by molar-refractivity contribution is 6.02. The van der Waals surface area contributed by atoms with E-state index in [1.807, 2.05) is 32.0 Å². The van der Waals surface area contributed by atoms with E-state index in [9.17, 15) is 26.7 Å². The number of rotatable bonds is 5. The first-order chi connectivity index (χ1) is 13.7. The van der Waals surface area contributed by atoms with Crippen molar-refractivity contribution in [1.82, 2.24) is 9.78 Å². The van der Waals surface area contributed by atoms with Crippen molar-refractivity contribution in [2.75, 3.05) is 5.32 Å². The molecule has 29 heavy (non-hydrogen) atoms. The standard InChI is InChI=1S/C19H14F5N3O2/c1-9-3-4-10(2)12(7-9)29-8-27-6-5-11(26-27)19(28)25-18-16(23)14(21)13(20)15(22)17(18)24/h3-7H,8H2,1-2H3,(H,25,28). The molecule has 1 N–H and O–H groups in total. The number of nitrogens with one attached hydrogen (secondary N) is 1. The molecule has 3 aromatic rings. The fourth-order valence-corrected chi connectivity index (χ4v) is 2.45. The van der Waals surface area contributed by atoms with Crippen LogP contribution in [0.15, 0.2) is 30.5 Å². The average Bonchev–Trinajstić information content (AvgIpc) is 3.18. The summed E-state index contributed by atoms with van der Waals surface area (Å²) in [5.41, 5.74) is 0.104. The normalized spacial score (nSPS) is 10.9. The summed E-state index contributed by atoms with van der Waals surface area (Å²) < 4.78 is 73.7. The van der Waals surface area contributed by atoms with Crippen LogP contribution in [0.4, 0.5) is 27.6 Å². The summed E-state index contributed by atoms with van der Waals surface area (Å²) in [4.78, 5) is 12.1. The van der Waals surface area contributed by atoms with Crippen LogP contribution in [0.1, 0.15) is 21.6 Å². The van der Waals surface area contributed by atoms with Gasteiger partial charge < -0.3 is 10.1 Å². The number of aryl methyl sites for hydroxylation is 2. The minimum absolute atomic E-state index is 0.0693. The maximum Gasteiger partial charge on any atom is 0.276 e. The second-order valence-electron chi connectivity index (χ2n) is 6.18. The van der Waals surface area contributed by atoms with Gasteiger partial charge in [-0.05, 0) is 37.1 Å². The van der Waals surface area contributed by atoms with E-state index in [1.165, 1.54) is 16.9 Å². The second-order valence-corrected chi connectivity index (χ2v) is 6.18. The highest BCUT2D eigenvalue weighted by Gasteiger charge is 2.27. The van der Waals surface area contributed by atoms with Crippen molar-refractivity contribution in [3.05, 3.63) is 76.4 Å². The smallest absolute Gasteiger partial charge is 0.276 e. The molecule has 1 amide bonds. The van der Waals surface area contributed by atoms with Crippen LogP contribution >= 0.6 is 0 Å². The number of hydrogen-bond donors (Lipinski definition) is 1. The molecule has 1 heterocycles. The van der Waals surface area contributed by atoms with Crippen molar-refractivity contribution in [3.8, 4) is 5.75 Å². The topological polar surface area (TPSA) is 56.1 Å². The van der Waals surface area contributed by atoms with Gasteiger partial charge in [0.2, 0.25) is 5.82 Å². The minimum atomic E-state index is -2.31. The van der Waals surface area contributed by atoms with E-state index in [0.717, 1.165) is 11.1 Å². The first-order valence-electron chi connectivity index (χ1n) is 8.25. The van der Waals surface area contributed by atoms with Crippen LogP contribution in [0.25, 0.3) is 0 Å². The SMILES string of the molecule is Cc1ccc(C)c(OCn2ccc(C(=O)Nc3c(F)c(F)c(F)c(F)c3F)n2)c1. The Morgan fingerprint density at radius 3 is 2.28 bits per heavy atom. The number of nitrogens with zero attached hydrogens (tertiary/aromatic N) is 2.